The van der Waals surface area contributed by atoms with Gasteiger partial charge in [0.05, 0.1) is 25.4 Å². The van der Waals surface area contributed by atoms with Crippen molar-refractivity contribution in [2.24, 2.45) is 0 Å². The van der Waals surface area contributed by atoms with Crippen LogP contribution in [0.15, 0.2) is 12.2 Å². The van der Waals surface area contributed by atoms with Gasteiger partial charge in [0.25, 0.3) is 0 Å². The Morgan fingerprint density at radius 1 is 0.355 bits per heavy atom. The van der Waals surface area contributed by atoms with Crippen LogP contribution in [0.1, 0.15) is 399 Å². The zero-order valence-corrected chi connectivity index (χ0v) is 51.8. The van der Waals surface area contributed by atoms with Crippen molar-refractivity contribution in [2.45, 2.75) is 411 Å². The summed E-state index contributed by atoms with van der Waals surface area (Å²) in [6.07, 6.45) is 81.8. The lowest BCUT2D eigenvalue weighted by molar-refractivity contribution is -0.143. The Morgan fingerprint density at radius 3 is 0.895 bits per heavy atom. The van der Waals surface area contributed by atoms with E-state index in [0.717, 1.165) is 38.5 Å². The Bertz CT molecular complexity index is 1140. The Morgan fingerprint density at radius 2 is 0.605 bits per heavy atom. The Hall–Kier alpha value is -1.40. The molecule has 0 aromatic carbocycles. The van der Waals surface area contributed by atoms with E-state index in [1.54, 1.807) is 6.08 Å². The number of ether oxygens (including phenoxy) is 1. The summed E-state index contributed by atoms with van der Waals surface area (Å²) in [6, 6.07) is -0.621. The number of aliphatic hydroxyl groups excluding tert-OH is 2. The smallest absolute Gasteiger partial charge is 0.305 e. The highest BCUT2D eigenvalue weighted by Gasteiger charge is 2.18. The van der Waals surface area contributed by atoms with Crippen molar-refractivity contribution < 1.29 is 24.5 Å². The lowest BCUT2D eigenvalue weighted by Crippen LogP contribution is -2.45. The van der Waals surface area contributed by atoms with Crippen LogP contribution in [-0.2, 0) is 14.3 Å². The van der Waals surface area contributed by atoms with Gasteiger partial charge in [-0.2, -0.15) is 0 Å². The number of unbranched alkanes of at least 4 members (excludes halogenated alkanes) is 55. The third-order valence-electron chi connectivity index (χ3n) is 16.6. The van der Waals surface area contributed by atoms with E-state index in [1.165, 1.54) is 334 Å². The molecule has 0 aromatic heterocycles. The van der Waals surface area contributed by atoms with Gasteiger partial charge in [0, 0.05) is 12.8 Å². The van der Waals surface area contributed by atoms with E-state index in [-0.39, 0.29) is 18.5 Å². The maximum absolute atomic E-state index is 12.4. The molecule has 0 fully saturated rings. The van der Waals surface area contributed by atoms with Gasteiger partial charge in [0.1, 0.15) is 0 Å². The number of rotatable bonds is 66. The van der Waals surface area contributed by atoms with E-state index in [1.807, 2.05) is 6.08 Å². The van der Waals surface area contributed by atoms with Crippen molar-refractivity contribution in [3.05, 3.63) is 12.2 Å². The van der Waals surface area contributed by atoms with Gasteiger partial charge in [-0.05, 0) is 32.1 Å². The summed E-state index contributed by atoms with van der Waals surface area (Å²) in [7, 11) is 0. The Labute approximate surface area is 476 Å². The average molecular weight is 1070 g/mol. The number of esters is 1. The molecule has 76 heavy (non-hydrogen) atoms. The third-order valence-corrected chi connectivity index (χ3v) is 16.6. The van der Waals surface area contributed by atoms with Crippen LogP contribution in [0.3, 0.4) is 0 Å². The molecule has 0 radical (unpaired) electrons. The first-order valence-corrected chi connectivity index (χ1v) is 35.0. The van der Waals surface area contributed by atoms with Crippen LogP contribution in [0, 0.1) is 0 Å². The van der Waals surface area contributed by atoms with Crippen LogP contribution < -0.4 is 5.32 Å². The molecule has 0 rings (SSSR count). The molecule has 0 saturated heterocycles. The number of carbonyl (C=O) groups excluding carboxylic acids is 2. The minimum Gasteiger partial charge on any atom is -0.466 e. The van der Waals surface area contributed by atoms with Gasteiger partial charge in [0.2, 0.25) is 5.91 Å². The Kier molecular flexibility index (Phi) is 64.9. The first kappa shape index (κ1) is 74.6. The second-order valence-electron chi connectivity index (χ2n) is 24.2. The number of aliphatic hydroxyl groups is 2. The molecule has 0 saturated carbocycles. The molecule has 6 heteroatoms. The van der Waals surface area contributed by atoms with Crippen molar-refractivity contribution >= 4 is 11.9 Å². The maximum atomic E-state index is 12.4. The SMILES string of the molecule is CCCCCCCCC/C=C/C(O)C(CO)NC(=O)CCCCCCCCCCCCCCCCCCCCCCCCCCCCCCCCCCCOC(=O)CCCCCCCCCCCCCCCCCCC. The molecule has 452 valence electrons. The lowest BCUT2D eigenvalue weighted by Gasteiger charge is -2.20. The number of hydrogen-bond acceptors (Lipinski definition) is 5. The normalized spacial score (nSPS) is 12.5. The molecule has 0 aliphatic heterocycles. The molecular formula is C70H137NO5. The maximum Gasteiger partial charge on any atom is 0.305 e. The van der Waals surface area contributed by atoms with Gasteiger partial charge in [-0.1, -0.05) is 366 Å². The van der Waals surface area contributed by atoms with Crippen molar-refractivity contribution in [1.29, 1.82) is 0 Å². The molecule has 0 bridgehead atoms. The average Bonchev–Trinajstić information content (AvgIpc) is 3.42. The first-order chi connectivity index (χ1) is 37.5. The fraction of sp³-hybridized carbons (Fsp3) is 0.943. The van der Waals surface area contributed by atoms with E-state index in [0.29, 0.717) is 19.4 Å². The molecule has 1 amide bonds. The van der Waals surface area contributed by atoms with E-state index in [4.69, 9.17) is 4.74 Å². The number of hydrogen-bond donors (Lipinski definition) is 3. The summed E-state index contributed by atoms with van der Waals surface area (Å²) in [5.41, 5.74) is 0. The van der Waals surface area contributed by atoms with Crippen LogP contribution in [0.2, 0.25) is 0 Å². The van der Waals surface area contributed by atoms with Crippen molar-refractivity contribution in [2.75, 3.05) is 13.2 Å². The summed E-state index contributed by atoms with van der Waals surface area (Å²) < 4.78 is 5.51. The highest BCUT2D eigenvalue weighted by Crippen LogP contribution is 2.19. The van der Waals surface area contributed by atoms with Crippen LogP contribution in [0.25, 0.3) is 0 Å². The van der Waals surface area contributed by atoms with Gasteiger partial charge >= 0.3 is 5.97 Å². The van der Waals surface area contributed by atoms with Gasteiger partial charge in [0.15, 0.2) is 0 Å². The minimum atomic E-state index is -0.838. The summed E-state index contributed by atoms with van der Waals surface area (Å²) >= 11 is 0. The fourth-order valence-corrected chi connectivity index (χ4v) is 11.2. The Balaban J connectivity index is 3.27. The largest absolute Gasteiger partial charge is 0.466 e. The molecule has 0 aliphatic carbocycles. The van der Waals surface area contributed by atoms with Crippen molar-refractivity contribution in [3.63, 3.8) is 0 Å². The molecule has 2 atom stereocenters. The van der Waals surface area contributed by atoms with Crippen molar-refractivity contribution in [3.8, 4) is 0 Å². The second-order valence-corrected chi connectivity index (χ2v) is 24.2. The van der Waals surface area contributed by atoms with Crippen LogP contribution in [0.4, 0.5) is 0 Å². The molecule has 3 N–H and O–H groups in total. The highest BCUT2D eigenvalue weighted by atomic mass is 16.5. The van der Waals surface area contributed by atoms with E-state index in [9.17, 15) is 19.8 Å². The third kappa shape index (κ3) is 61.8. The molecule has 0 aliphatic rings. The van der Waals surface area contributed by atoms with Crippen LogP contribution >= 0.6 is 0 Å². The summed E-state index contributed by atoms with van der Waals surface area (Å²) in [5.74, 6) is -0.0379. The number of nitrogens with one attached hydrogen (secondary N) is 1. The molecular weight excluding hydrogens is 935 g/mol. The van der Waals surface area contributed by atoms with E-state index >= 15 is 0 Å². The molecule has 0 aromatic rings. The van der Waals surface area contributed by atoms with Crippen LogP contribution in [0.5, 0.6) is 0 Å². The highest BCUT2D eigenvalue weighted by molar-refractivity contribution is 5.76. The van der Waals surface area contributed by atoms with Gasteiger partial charge in [-0.15, -0.1) is 0 Å². The summed E-state index contributed by atoms with van der Waals surface area (Å²) in [4.78, 5) is 24.5. The fourth-order valence-electron chi connectivity index (χ4n) is 11.2. The van der Waals surface area contributed by atoms with E-state index in [2.05, 4.69) is 19.2 Å². The van der Waals surface area contributed by atoms with E-state index < -0.39 is 12.1 Å². The van der Waals surface area contributed by atoms with Crippen molar-refractivity contribution in [1.82, 2.24) is 5.32 Å². The first-order valence-electron chi connectivity index (χ1n) is 35.0. The number of amides is 1. The minimum absolute atomic E-state index is 0.0261. The summed E-state index contributed by atoms with van der Waals surface area (Å²) in [5, 5.41) is 23.0. The second kappa shape index (κ2) is 66.1. The quantitative estimate of drug-likeness (QED) is 0.0320. The molecule has 0 spiro atoms. The number of carbonyl (C=O) groups is 2. The number of allylic oxidation sites excluding steroid dienone is 1. The topological polar surface area (TPSA) is 95.9 Å². The van der Waals surface area contributed by atoms with Gasteiger partial charge < -0.3 is 20.3 Å². The molecule has 0 heterocycles. The van der Waals surface area contributed by atoms with Crippen LogP contribution in [-0.4, -0.2) is 47.4 Å². The van der Waals surface area contributed by atoms with Gasteiger partial charge in [-0.3, -0.25) is 9.59 Å². The predicted molar refractivity (Wildman–Crippen MR) is 333 cm³/mol. The molecule has 2 unspecified atom stereocenters. The predicted octanol–water partition coefficient (Wildman–Crippen LogP) is 22.4. The lowest BCUT2D eigenvalue weighted by atomic mass is 10.0. The standard InChI is InChI=1S/C70H137NO5/c1-3-5-7-9-11-13-14-15-16-34-38-41-44-48-52-56-60-64-70(75)76-65-61-57-53-49-45-42-39-36-33-31-29-27-25-23-21-19-17-18-20-22-24-26-28-30-32-35-37-40-43-47-51-55-59-63-69(74)71-67(66-72)68(73)62-58-54-50-46-12-10-8-6-4-2/h58,62,67-68,72-73H,3-57,59-61,63-66H2,1-2H3,(H,71,74)/b62-58+. The van der Waals surface area contributed by atoms with Gasteiger partial charge in [-0.25, -0.2) is 0 Å². The monoisotopic (exact) mass is 1070 g/mol. The molecule has 6 nitrogen and oxygen atoms in total. The zero-order valence-electron chi connectivity index (χ0n) is 51.8. The summed E-state index contributed by atoms with van der Waals surface area (Å²) in [6.45, 7) is 4.92. The zero-order chi connectivity index (χ0) is 55.0.